The van der Waals surface area contributed by atoms with E-state index in [0.717, 1.165) is 18.5 Å². The Morgan fingerprint density at radius 2 is 1.82 bits per heavy atom. The van der Waals surface area contributed by atoms with E-state index in [1.165, 1.54) is 18.9 Å². The largest absolute Gasteiger partial charge is 0.586 e. The van der Waals surface area contributed by atoms with Crippen LogP contribution in [0.3, 0.4) is 0 Å². The lowest BCUT2D eigenvalue weighted by Gasteiger charge is -2.13. The second-order valence-corrected chi connectivity index (χ2v) is 4.45. The predicted molar refractivity (Wildman–Crippen MR) is 58.5 cm³/mol. The van der Waals surface area contributed by atoms with E-state index in [1.54, 1.807) is 12.1 Å². The summed E-state index contributed by atoms with van der Waals surface area (Å²) in [7, 11) is 0. The zero-order valence-electron chi connectivity index (χ0n) is 9.21. The number of benzene rings is 1. The van der Waals surface area contributed by atoms with Crippen LogP contribution in [0.1, 0.15) is 25.7 Å². The molecule has 92 valence electrons. The molecule has 1 aliphatic heterocycles. The van der Waals surface area contributed by atoms with E-state index >= 15 is 0 Å². The van der Waals surface area contributed by atoms with Crippen molar-refractivity contribution in [2.45, 2.75) is 38.0 Å². The van der Waals surface area contributed by atoms with Crippen LogP contribution in [0.2, 0.25) is 0 Å². The van der Waals surface area contributed by atoms with Crippen LogP contribution in [-0.2, 0) is 0 Å². The molecule has 1 N–H and O–H groups in total. The highest BCUT2D eigenvalue weighted by Crippen LogP contribution is 2.42. The normalized spacial score (nSPS) is 21.8. The monoisotopic (exact) mass is 241 g/mol. The van der Waals surface area contributed by atoms with Gasteiger partial charge in [-0.2, -0.15) is 0 Å². The van der Waals surface area contributed by atoms with Gasteiger partial charge in [-0.1, -0.05) is 12.8 Å². The van der Waals surface area contributed by atoms with Crippen LogP contribution < -0.4 is 14.8 Å². The molecule has 5 heteroatoms. The van der Waals surface area contributed by atoms with Gasteiger partial charge in [-0.3, -0.25) is 0 Å². The molecule has 0 aromatic heterocycles. The second-order valence-electron chi connectivity index (χ2n) is 4.45. The Labute approximate surface area is 97.7 Å². The summed E-state index contributed by atoms with van der Waals surface area (Å²) < 4.78 is 34.4. The molecule has 1 saturated carbocycles. The first-order valence-electron chi connectivity index (χ1n) is 5.79. The minimum absolute atomic E-state index is 0.0898. The topological polar surface area (TPSA) is 30.5 Å². The maximum Gasteiger partial charge on any atom is 0.586 e. The van der Waals surface area contributed by atoms with Gasteiger partial charge in [0.05, 0.1) is 0 Å². The van der Waals surface area contributed by atoms with E-state index in [-0.39, 0.29) is 11.5 Å². The van der Waals surface area contributed by atoms with Crippen molar-refractivity contribution in [1.29, 1.82) is 0 Å². The fourth-order valence-electron chi connectivity index (χ4n) is 2.34. The van der Waals surface area contributed by atoms with E-state index in [0.29, 0.717) is 6.04 Å². The lowest BCUT2D eigenvalue weighted by atomic mass is 10.2. The van der Waals surface area contributed by atoms with Crippen molar-refractivity contribution in [1.82, 2.24) is 0 Å². The van der Waals surface area contributed by atoms with Crippen LogP contribution >= 0.6 is 0 Å². The van der Waals surface area contributed by atoms with Crippen LogP contribution in [0.15, 0.2) is 18.2 Å². The molecule has 0 radical (unpaired) electrons. The summed E-state index contributed by atoms with van der Waals surface area (Å²) in [6.45, 7) is 0. The highest BCUT2D eigenvalue weighted by Gasteiger charge is 2.43. The third-order valence-corrected chi connectivity index (χ3v) is 3.13. The Morgan fingerprint density at radius 1 is 1.12 bits per heavy atom. The molecule has 0 atom stereocenters. The number of alkyl halides is 2. The van der Waals surface area contributed by atoms with E-state index < -0.39 is 6.29 Å². The number of rotatable bonds is 2. The lowest BCUT2D eigenvalue weighted by Crippen LogP contribution is -2.25. The molecule has 1 fully saturated rings. The summed E-state index contributed by atoms with van der Waals surface area (Å²) in [5, 5.41) is 3.32. The first kappa shape index (κ1) is 10.6. The molecule has 1 aromatic carbocycles. The molecule has 3 rings (SSSR count). The van der Waals surface area contributed by atoms with Gasteiger partial charge in [0.15, 0.2) is 11.5 Å². The van der Waals surface area contributed by atoms with Gasteiger partial charge in [0.1, 0.15) is 0 Å². The molecular weight excluding hydrogens is 228 g/mol. The van der Waals surface area contributed by atoms with Gasteiger partial charge in [-0.15, -0.1) is 8.78 Å². The predicted octanol–water partition coefficient (Wildman–Crippen LogP) is 3.36. The molecule has 0 spiro atoms. The van der Waals surface area contributed by atoms with Crippen molar-refractivity contribution in [2.75, 3.05) is 5.32 Å². The number of ether oxygens (including phenoxy) is 2. The number of anilines is 1. The molecule has 0 saturated heterocycles. The summed E-state index contributed by atoms with van der Waals surface area (Å²) in [5.41, 5.74) is 0.803. The smallest absolute Gasteiger partial charge is 0.395 e. The third-order valence-electron chi connectivity index (χ3n) is 3.13. The highest BCUT2D eigenvalue weighted by molar-refractivity contribution is 5.56. The van der Waals surface area contributed by atoms with E-state index in [1.807, 2.05) is 0 Å². The van der Waals surface area contributed by atoms with Crippen LogP contribution in [0.4, 0.5) is 14.5 Å². The Bertz CT molecular complexity index is 431. The molecule has 1 aromatic rings. The quantitative estimate of drug-likeness (QED) is 0.861. The zero-order chi connectivity index (χ0) is 11.9. The Balaban J connectivity index is 1.76. The minimum Gasteiger partial charge on any atom is -0.395 e. The van der Waals surface area contributed by atoms with Crippen molar-refractivity contribution in [2.24, 2.45) is 0 Å². The number of hydrogen-bond acceptors (Lipinski definition) is 3. The fraction of sp³-hybridized carbons (Fsp3) is 0.500. The molecular formula is C12H13F2NO2. The summed E-state index contributed by atoms with van der Waals surface area (Å²) in [6.07, 6.45) is 1.17. The van der Waals surface area contributed by atoms with Gasteiger partial charge >= 0.3 is 6.29 Å². The van der Waals surface area contributed by atoms with Crippen molar-refractivity contribution in [3.8, 4) is 11.5 Å². The van der Waals surface area contributed by atoms with Gasteiger partial charge in [0.2, 0.25) is 0 Å². The van der Waals surface area contributed by atoms with Crippen LogP contribution in [0.25, 0.3) is 0 Å². The van der Waals surface area contributed by atoms with Gasteiger partial charge in [0, 0.05) is 17.8 Å². The first-order valence-corrected chi connectivity index (χ1v) is 5.79. The zero-order valence-corrected chi connectivity index (χ0v) is 9.21. The molecule has 2 aliphatic rings. The SMILES string of the molecule is FC1(F)Oc2ccc(NC3CCCC3)cc2O1. The van der Waals surface area contributed by atoms with Gasteiger partial charge in [-0.25, -0.2) is 0 Å². The van der Waals surface area contributed by atoms with Crippen molar-refractivity contribution >= 4 is 5.69 Å². The van der Waals surface area contributed by atoms with Crippen LogP contribution in [0, 0.1) is 0 Å². The molecule has 0 amide bonds. The Morgan fingerprint density at radius 3 is 2.59 bits per heavy atom. The van der Waals surface area contributed by atoms with E-state index in [4.69, 9.17) is 0 Å². The summed E-state index contributed by atoms with van der Waals surface area (Å²) in [5.74, 6) is 0.185. The lowest BCUT2D eigenvalue weighted by molar-refractivity contribution is -0.286. The molecule has 0 unspecified atom stereocenters. The standard InChI is InChI=1S/C12H13F2NO2/c13-12(14)16-10-6-5-9(7-11(10)17-12)15-8-3-1-2-4-8/h5-8,15H,1-4H2. The number of halogens is 2. The van der Waals surface area contributed by atoms with Gasteiger partial charge < -0.3 is 14.8 Å². The number of fused-ring (bicyclic) bond motifs is 1. The van der Waals surface area contributed by atoms with Gasteiger partial charge in [-0.05, 0) is 25.0 Å². The van der Waals surface area contributed by atoms with E-state index in [9.17, 15) is 8.78 Å². The van der Waals surface area contributed by atoms with Gasteiger partial charge in [0.25, 0.3) is 0 Å². The van der Waals surface area contributed by atoms with Crippen LogP contribution in [0.5, 0.6) is 11.5 Å². The Hall–Kier alpha value is -1.52. The maximum atomic E-state index is 12.8. The molecule has 0 bridgehead atoms. The van der Waals surface area contributed by atoms with Crippen molar-refractivity contribution in [3.63, 3.8) is 0 Å². The summed E-state index contributed by atoms with van der Waals surface area (Å²) in [6, 6.07) is 5.25. The highest BCUT2D eigenvalue weighted by atomic mass is 19.3. The Kier molecular flexibility index (Phi) is 2.34. The first-order chi connectivity index (χ1) is 8.12. The molecule has 1 aliphatic carbocycles. The molecule has 17 heavy (non-hydrogen) atoms. The fourth-order valence-corrected chi connectivity index (χ4v) is 2.34. The number of nitrogens with one attached hydrogen (secondary N) is 1. The van der Waals surface area contributed by atoms with E-state index in [2.05, 4.69) is 14.8 Å². The third kappa shape index (κ3) is 2.14. The number of hydrogen-bond donors (Lipinski definition) is 1. The average Bonchev–Trinajstić information content (AvgIpc) is 2.83. The summed E-state index contributed by atoms with van der Waals surface area (Å²) in [4.78, 5) is 0. The average molecular weight is 241 g/mol. The minimum atomic E-state index is -3.53. The molecule has 3 nitrogen and oxygen atoms in total. The van der Waals surface area contributed by atoms with Crippen molar-refractivity contribution < 1.29 is 18.3 Å². The summed E-state index contributed by atoms with van der Waals surface area (Å²) >= 11 is 0. The van der Waals surface area contributed by atoms with Crippen molar-refractivity contribution in [3.05, 3.63) is 18.2 Å². The second kappa shape index (κ2) is 3.75. The maximum absolute atomic E-state index is 12.8. The van der Waals surface area contributed by atoms with Crippen LogP contribution in [-0.4, -0.2) is 12.3 Å². The molecule has 1 heterocycles.